The maximum atomic E-state index is 13.0. The van der Waals surface area contributed by atoms with Gasteiger partial charge >= 0.3 is 0 Å². The van der Waals surface area contributed by atoms with Gasteiger partial charge in [0.05, 0.1) is 0 Å². The summed E-state index contributed by atoms with van der Waals surface area (Å²) in [6, 6.07) is 14.8. The number of hydrogen-bond acceptors (Lipinski definition) is 3. The third kappa shape index (κ3) is 6.60. The highest BCUT2D eigenvalue weighted by molar-refractivity contribution is 9.10. The summed E-state index contributed by atoms with van der Waals surface area (Å²) in [5, 5.41) is 2.79. The molecule has 5 nitrogen and oxygen atoms in total. The molecule has 0 bridgehead atoms. The van der Waals surface area contributed by atoms with Crippen molar-refractivity contribution in [2.45, 2.75) is 46.2 Å². The Balaban J connectivity index is 2.18. The smallest absolute Gasteiger partial charge is 0.261 e. The van der Waals surface area contributed by atoms with E-state index in [1.165, 1.54) is 0 Å². The molecule has 0 aromatic heterocycles. The Bertz CT molecular complexity index is 838. The summed E-state index contributed by atoms with van der Waals surface area (Å²) in [6.45, 7) is 8.48. The molecule has 0 unspecified atom stereocenters. The molecule has 29 heavy (non-hydrogen) atoms. The van der Waals surface area contributed by atoms with E-state index in [0.717, 1.165) is 15.6 Å². The van der Waals surface area contributed by atoms with Gasteiger partial charge in [-0.2, -0.15) is 0 Å². The van der Waals surface area contributed by atoms with Gasteiger partial charge < -0.3 is 15.0 Å². The molecule has 2 aromatic rings. The standard InChI is InChI=1S/C23H29BrN2O3/c1-5-25-23(28)17(4)26(14-18-9-8-10-19(24)13-18)22(27)15-29-21-12-7-6-11-20(21)16(2)3/h6-13,16-17H,5,14-15H2,1-4H3,(H,25,28)/t17-/m0/s1. The summed E-state index contributed by atoms with van der Waals surface area (Å²) in [5.41, 5.74) is 1.99. The van der Waals surface area contributed by atoms with E-state index in [-0.39, 0.29) is 24.3 Å². The predicted octanol–water partition coefficient (Wildman–Crippen LogP) is 4.50. The van der Waals surface area contributed by atoms with E-state index in [0.29, 0.717) is 18.8 Å². The van der Waals surface area contributed by atoms with Crippen LogP contribution in [0.4, 0.5) is 0 Å². The first kappa shape index (κ1) is 22.9. The number of ether oxygens (including phenoxy) is 1. The number of carbonyl (C=O) groups excluding carboxylic acids is 2. The molecule has 0 aliphatic heterocycles. The summed E-state index contributed by atoms with van der Waals surface area (Å²) in [5.74, 6) is 0.568. The molecule has 0 radical (unpaired) electrons. The molecule has 156 valence electrons. The lowest BCUT2D eigenvalue weighted by atomic mass is 10.0. The van der Waals surface area contributed by atoms with Crippen LogP contribution in [0.5, 0.6) is 5.75 Å². The van der Waals surface area contributed by atoms with Gasteiger partial charge in [0.25, 0.3) is 5.91 Å². The van der Waals surface area contributed by atoms with E-state index >= 15 is 0 Å². The number of carbonyl (C=O) groups is 2. The molecule has 0 saturated heterocycles. The summed E-state index contributed by atoms with van der Waals surface area (Å²) < 4.78 is 6.79. The van der Waals surface area contributed by atoms with Crippen molar-refractivity contribution in [1.82, 2.24) is 10.2 Å². The lowest BCUT2D eigenvalue weighted by Gasteiger charge is -2.29. The van der Waals surface area contributed by atoms with Gasteiger partial charge in [0.15, 0.2) is 6.61 Å². The van der Waals surface area contributed by atoms with Gasteiger partial charge in [-0.1, -0.05) is 60.1 Å². The number of benzene rings is 2. The van der Waals surface area contributed by atoms with E-state index in [1.807, 2.05) is 55.5 Å². The van der Waals surface area contributed by atoms with Crippen LogP contribution in [0, 0.1) is 0 Å². The Labute approximate surface area is 181 Å². The van der Waals surface area contributed by atoms with Crippen LogP contribution >= 0.6 is 15.9 Å². The second kappa shape index (κ2) is 11.0. The van der Waals surface area contributed by atoms with Crippen LogP contribution in [0.2, 0.25) is 0 Å². The molecule has 6 heteroatoms. The zero-order valence-electron chi connectivity index (χ0n) is 17.4. The van der Waals surface area contributed by atoms with Crippen LogP contribution in [-0.2, 0) is 16.1 Å². The summed E-state index contributed by atoms with van der Waals surface area (Å²) in [6.07, 6.45) is 0. The highest BCUT2D eigenvalue weighted by Gasteiger charge is 2.26. The Morgan fingerprint density at radius 2 is 1.83 bits per heavy atom. The molecule has 0 heterocycles. The van der Waals surface area contributed by atoms with Crippen LogP contribution in [0.3, 0.4) is 0 Å². The molecule has 0 fully saturated rings. The molecule has 2 aromatic carbocycles. The SMILES string of the molecule is CCNC(=O)[C@H](C)N(Cc1cccc(Br)c1)C(=O)COc1ccccc1C(C)C. The number of nitrogens with zero attached hydrogens (tertiary/aromatic N) is 1. The minimum absolute atomic E-state index is 0.124. The Hall–Kier alpha value is -2.34. The second-order valence-corrected chi connectivity index (χ2v) is 8.12. The second-order valence-electron chi connectivity index (χ2n) is 7.20. The van der Waals surface area contributed by atoms with E-state index in [4.69, 9.17) is 4.74 Å². The molecule has 2 amide bonds. The number of halogens is 1. The van der Waals surface area contributed by atoms with Crippen LogP contribution in [0.15, 0.2) is 53.0 Å². The fraction of sp³-hybridized carbons (Fsp3) is 0.391. The predicted molar refractivity (Wildman–Crippen MR) is 119 cm³/mol. The van der Waals surface area contributed by atoms with Gasteiger partial charge in [-0.05, 0) is 49.1 Å². The number of likely N-dealkylation sites (N-methyl/N-ethyl adjacent to an activating group) is 1. The van der Waals surface area contributed by atoms with E-state index in [1.54, 1.807) is 11.8 Å². The van der Waals surface area contributed by atoms with Crippen LogP contribution < -0.4 is 10.1 Å². The lowest BCUT2D eigenvalue weighted by molar-refractivity contribution is -0.142. The maximum Gasteiger partial charge on any atom is 0.261 e. The van der Waals surface area contributed by atoms with Gasteiger partial charge in [0.2, 0.25) is 5.91 Å². The third-order valence-electron chi connectivity index (χ3n) is 4.65. The van der Waals surface area contributed by atoms with Crippen molar-refractivity contribution >= 4 is 27.7 Å². The maximum absolute atomic E-state index is 13.0. The van der Waals surface area contributed by atoms with E-state index in [9.17, 15) is 9.59 Å². The first-order valence-corrected chi connectivity index (χ1v) is 10.7. The van der Waals surface area contributed by atoms with Crippen molar-refractivity contribution in [1.29, 1.82) is 0 Å². The fourth-order valence-electron chi connectivity index (χ4n) is 3.05. The number of nitrogens with one attached hydrogen (secondary N) is 1. The van der Waals surface area contributed by atoms with Crippen molar-refractivity contribution < 1.29 is 14.3 Å². The zero-order chi connectivity index (χ0) is 21.4. The highest BCUT2D eigenvalue weighted by Crippen LogP contribution is 2.26. The zero-order valence-corrected chi connectivity index (χ0v) is 19.0. The van der Waals surface area contributed by atoms with E-state index in [2.05, 4.69) is 35.1 Å². The minimum Gasteiger partial charge on any atom is -0.483 e. The molecule has 0 saturated carbocycles. The van der Waals surface area contributed by atoms with Crippen molar-refractivity contribution in [3.63, 3.8) is 0 Å². The molecule has 2 rings (SSSR count). The van der Waals surface area contributed by atoms with E-state index < -0.39 is 6.04 Å². The number of hydrogen-bond donors (Lipinski definition) is 1. The number of amides is 2. The van der Waals surface area contributed by atoms with Gasteiger partial charge in [0, 0.05) is 17.6 Å². The summed E-state index contributed by atoms with van der Waals surface area (Å²) in [4.78, 5) is 27.0. The van der Waals surface area contributed by atoms with Gasteiger partial charge in [-0.25, -0.2) is 0 Å². The van der Waals surface area contributed by atoms with Crippen molar-refractivity contribution in [3.8, 4) is 5.75 Å². The highest BCUT2D eigenvalue weighted by atomic mass is 79.9. The number of para-hydroxylation sites is 1. The van der Waals surface area contributed by atoms with Gasteiger partial charge in [-0.3, -0.25) is 9.59 Å². The normalized spacial score (nSPS) is 11.8. The number of rotatable bonds is 9. The Morgan fingerprint density at radius 3 is 2.48 bits per heavy atom. The van der Waals surface area contributed by atoms with Crippen LogP contribution in [0.25, 0.3) is 0 Å². The minimum atomic E-state index is -0.606. The largest absolute Gasteiger partial charge is 0.483 e. The molecule has 0 aliphatic rings. The monoisotopic (exact) mass is 460 g/mol. The Kier molecular flexibility index (Phi) is 8.70. The van der Waals surface area contributed by atoms with Crippen molar-refractivity contribution in [2.24, 2.45) is 0 Å². The molecule has 0 aliphatic carbocycles. The van der Waals surface area contributed by atoms with Crippen LogP contribution in [-0.4, -0.2) is 35.9 Å². The van der Waals surface area contributed by atoms with Gasteiger partial charge in [0.1, 0.15) is 11.8 Å². The average Bonchev–Trinajstić information content (AvgIpc) is 2.70. The van der Waals surface area contributed by atoms with Crippen molar-refractivity contribution in [2.75, 3.05) is 13.2 Å². The summed E-state index contributed by atoms with van der Waals surface area (Å²) in [7, 11) is 0. The van der Waals surface area contributed by atoms with Gasteiger partial charge in [-0.15, -0.1) is 0 Å². The molecule has 0 spiro atoms. The summed E-state index contributed by atoms with van der Waals surface area (Å²) >= 11 is 3.46. The molecule has 1 atom stereocenters. The van der Waals surface area contributed by atoms with Crippen molar-refractivity contribution in [3.05, 3.63) is 64.1 Å². The Morgan fingerprint density at radius 1 is 1.10 bits per heavy atom. The van der Waals surface area contributed by atoms with Crippen LogP contribution in [0.1, 0.15) is 44.7 Å². The molecular formula is C23H29BrN2O3. The first-order chi connectivity index (χ1) is 13.8. The molecule has 1 N–H and O–H groups in total. The third-order valence-corrected chi connectivity index (χ3v) is 5.15. The average molecular weight is 461 g/mol. The molecular weight excluding hydrogens is 432 g/mol. The quantitative estimate of drug-likeness (QED) is 0.598. The fourth-order valence-corrected chi connectivity index (χ4v) is 3.49. The lowest BCUT2D eigenvalue weighted by Crippen LogP contribution is -2.49. The first-order valence-electron chi connectivity index (χ1n) is 9.86. The topological polar surface area (TPSA) is 58.6 Å².